The highest BCUT2D eigenvalue weighted by Gasteiger charge is 2.33. The fraction of sp³-hybridized carbons (Fsp3) is 0.273. The highest BCUT2D eigenvalue weighted by atomic mass is 16.4. The maximum absolute atomic E-state index is 11.4. The predicted molar refractivity (Wildman–Crippen MR) is 54.7 cm³/mol. The summed E-state index contributed by atoms with van der Waals surface area (Å²) in [4.78, 5) is 23.4. The fourth-order valence-corrected chi connectivity index (χ4v) is 1.98. The molecule has 2 rings (SSSR count). The molecule has 0 fully saturated rings. The normalized spacial score (nSPS) is 18.7. The summed E-state index contributed by atoms with van der Waals surface area (Å²) in [7, 11) is 0. The molecule has 0 bridgehead atoms. The van der Waals surface area contributed by atoms with Crippen molar-refractivity contribution >= 4 is 17.6 Å². The number of aliphatic carboxylic acids is 1. The minimum absolute atomic E-state index is 0.0778. The minimum atomic E-state index is -1.40. The smallest absolute Gasteiger partial charge is 0.394 e. The van der Waals surface area contributed by atoms with E-state index in [-0.39, 0.29) is 6.04 Å². The van der Waals surface area contributed by atoms with Crippen molar-refractivity contribution in [1.82, 2.24) is 0 Å². The summed E-state index contributed by atoms with van der Waals surface area (Å²) in [6.07, 6.45) is 0.717. The van der Waals surface area contributed by atoms with Crippen LogP contribution in [0.4, 0.5) is 5.69 Å². The van der Waals surface area contributed by atoms with Crippen LogP contribution in [-0.4, -0.2) is 23.0 Å². The van der Waals surface area contributed by atoms with Gasteiger partial charge < -0.3 is 5.11 Å². The van der Waals surface area contributed by atoms with Crippen molar-refractivity contribution in [3.8, 4) is 0 Å². The van der Waals surface area contributed by atoms with Gasteiger partial charge in [0.2, 0.25) is 0 Å². The van der Waals surface area contributed by atoms with Crippen molar-refractivity contribution in [3.63, 3.8) is 0 Å². The molecular weight excluding hydrogens is 194 g/mol. The van der Waals surface area contributed by atoms with Crippen LogP contribution in [0.25, 0.3) is 0 Å². The lowest BCUT2D eigenvalue weighted by Crippen LogP contribution is -2.40. The number of hydrogen-bond acceptors (Lipinski definition) is 2. The van der Waals surface area contributed by atoms with Crippen molar-refractivity contribution in [2.24, 2.45) is 0 Å². The van der Waals surface area contributed by atoms with Gasteiger partial charge in [-0.25, -0.2) is 4.79 Å². The van der Waals surface area contributed by atoms with Gasteiger partial charge in [0.25, 0.3) is 0 Å². The highest BCUT2D eigenvalue weighted by Crippen LogP contribution is 2.31. The van der Waals surface area contributed by atoms with Gasteiger partial charge in [-0.1, -0.05) is 18.2 Å². The number of para-hydroxylation sites is 1. The van der Waals surface area contributed by atoms with Crippen LogP contribution >= 0.6 is 0 Å². The molecule has 1 aliphatic heterocycles. The summed E-state index contributed by atoms with van der Waals surface area (Å²) in [6, 6.07) is 7.31. The quantitative estimate of drug-likeness (QED) is 0.644. The van der Waals surface area contributed by atoms with Gasteiger partial charge in [0.05, 0.1) is 0 Å². The van der Waals surface area contributed by atoms with Gasteiger partial charge in [0, 0.05) is 11.7 Å². The molecule has 1 atom stereocenters. The lowest BCUT2D eigenvalue weighted by atomic mass is 10.1. The average molecular weight is 205 g/mol. The Labute approximate surface area is 87.1 Å². The van der Waals surface area contributed by atoms with Crippen LogP contribution in [0, 0.1) is 0 Å². The molecule has 0 saturated carbocycles. The number of benzene rings is 1. The first kappa shape index (κ1) is 9.71. The van der Waals surface area contributed by atoms with E-state index >= 15 is 0 Å². The molecule has 1 aliphatic rings. The lowest BCUT2D eigenvalue weighted by Gasteiger charge is -2.19. The second-order valence-electron chi connectivity index (χ2n) is 3.66. The second-order valence-corrected chi connectivity index (χ2v) is 3.66. The molecule has 4 nitrogen and oxygen atoms in total. The predicted octanol–water partition coefficient (Wildman–Crippen LogP) is 1.05. The first-order chi connectivity index (χ1) is 7.11. The summed E-state index contributed by atoms with van der Waals surface area (Å²) < 4.78 is 0. The second kappa shape index (κ2) is 3.38. The molecule has 0 spiro atoms. The Bertz CT molecular complexity index is 428. The molecule has 4 heteroatoms. The largest absolute Gasteiger partial charge is 0.474 e. The van der Waals surface area contributed by atoms with Crippen molar-refractivity contribution in [2.45, 2.75) is 19.4 Å². The van der Waals surface area contributed by atoms with Crippen LogP contribution < -0.4 is 4.90 Å². The van der Waals surface area contributed by atoms with E-state index in [0.29, 0.717) is 0 Å². The van der Waals surface area contributed by atoms with Gasteiger partial charge in [-0.05, 0) is 25.0 Å². The number of amides is 1. The van der Waals surface area contributed by atoms with E-state index in [1.54, 1.807) is 12.1 Å². The van der Waals surface area contributed by atoms with Gasteiger partial charge in [0.1, 0.15) is 0 Å². The van der Waals surface area contributed by atoms with Crippen molar-refractivity contribution < 1.29 is 14.7 Å². The third-order valence-electron chi connectivity index (χ3n) is 2.61. The molecule has 1 N–H and O–H groups in total. The Morgan fingerprint density at radius 1 is 1.40 bits per heavy atom. The summed E-state index contributed by atoms with van der Waals surface area (Å²) in [6.45, 7) is 1.85. The molecule has 1 heterocycles. The maximum atomic E-state index is 11.4. The molecule has 1 aromatic carbocycles. The number of carbonyl (C=O) groups is 2. The molecule has 0 aliphatic carbocycles. The SMILES string of the molecule is C[C@H]1Cc2ccccc2N1C(=O)C(=O)O. The van der Waals surface area contributed by atoms with Gasteiger partial charge in [-0.15, -0.1) is 0 Å². The molecule has 0 unspecified atom stereocenters. The van der Waals surface area contributed by atoms with Crippen LogP contribution in [0.2, 0.25) is 0 Å². The number of hydrogen-bond donors (Lipinski definition) is 1. The summed E-state index contributed by atoms with van der Waals surface area (Å²) in [5.41, 5.74) is 1.75. The Morgan fingerprint density at radius 3 is 2.73 bits per heavy atom. The summed E-state index contributed by atoms with van der Waals surface area (Å²) in [5, 5.41) is 8.69. The van der Waals surface area contributed by atoms with Gasteiger partial charge in [0.15, 0.2) is 0 Å². The summed E-state index contributed by atoms with van der Waals surface area (Å²) >= 11 is 0. The molecule has 15 heavy (non-hydrogen) atoms. The average Bonchev–Trinajstić information content (AvgIpc) is 2.52. The zero-order valence-corrected chi connectivity index (χ0v) is 8.30. The van der Waals surface area contributed by atoms with Crippen LogP contribution in [0.1, 0.15) is 12.5 Å². The van der Waals surface area contributed by atoms with Crippen molar-refractivity contribution in [2.75, 3.05) is 4.90 Å². The number of carboxylic acid groups (broad SMARTS) is 1. The number of carbonyl (C=O) groups excluding carboxylic acids is 1. The van der Waals surface area contributed by atoms with E-state index < -0.39 is 11.9 Å². The Kier molecular flexibility index (Phi) is 2.19. The molecule has 1 amide bonds. The zero-order chi connectivity index (χ0) is 11.0. The van der Waals surface area contributed by atoms with Crippen molar-refractivity contribution in [1.29, 1.82) is 0 Å². The third-order valence-corrected chi connectivity index (χ3v) is 2.61. The Hall–Kier alpha value is -1.84. The fourth-order valence-electron chi connectivity index (χ4n) is 1.98. The Morgan fingerprint density at radius 2 is 2.07 bits per heavy atom. The lowest BCUT2D eigenvalue weighted by molar-refractivity contribution is -0.149. The van der Waals surface area contributed by atoms with E-state index in [1.165, 1.54) is 4.90 Å². The van der Waals surface area contributed by atoms with Crippen LogP contribution in [-0.2, 0) is 16.0 Å². The number of carboxylic acids is 1. The first-order valence-electron chi connectivity index (χ1n) is 4.75. The van der Waals surface area contributed by atoms with Crippen LogP contribution in [0.15, 0.2) is 24.3 Å². The van der Waals surface area contributed by atoms with Gasteiger partial charge in [-0.3, -0.25) is 9.69 Å². The number of nitrogens with zero attached hydrogens (tertiary/aromatic N) is 1. The van der Waals surface area contributed by atoms with E-state index in [9.17, 15) is 9.59 Å². The number of rotatable bonds is 0. The monoisotopic (exact) mass is 205 g/mol. The zero-order valence-electron chi connectivity index (χ0n) is 8.30. The van der Waals surface area contributed by atoms with E-state index in [1.807, 2.05) is 19.1 Å². The van der Waals surface area contributed by atoms with E-state index in [4.69, 9.17) is 5.11 Å². The molecule has 1 aromatic rings. The van der Waals surface area contributed by atoms with Crippen molar-refractivity contribution in [3.05, 3.63) is 29.8 Å². The Balaban J connectivity index is 2.42. The van der Waals surface area contributed by atoms with Crippen LogP contribution in [0.5, 0.6) is 0 Å². The third kappa shape index (κ3) is 1.48. The molecule has 78 valence electrons. The summed E-state index contributed by atoms with van der Waals surface area (Å²) in [5.74, 6) is -2.26. The van der Waals surface area contributed by atoms with E-state index in [2.05, 4.69) is 0 Å². The highest BCUT2D eigenvalue weighted by molar-refractivity contribution is 6.37. The minimum Gasteiger partial charge on any atom is -0.474 e. The molecule has 0 saturated heterocycles. The number of fused-ring (bicyclic) bond motifs is 1. The van der Waals surface area contributed by atoms with E-state index in [0.717, 1.165) is 17.7 Å². The molecule has 0 aromatic heterocycles. The standard InChI is InChI=1S/C11H11NO3/c1-7-6-8-4-2-3-5-9(8)12(7)10(13)11(14)15/h2-5,7H,6H2,1H3,(H,14,15)/t7-/m0/s1. The molecular formula is C11H11NO3. The van der Waals surface area contributed by atoms with Gasteiger partial charge >= 0.3 is 11.9 Å². The van der Waals surface area contributed by atoms with Gasteiger partial charge in [-0.2, -0.15) is 0 Å². The van der Waals surface area contributed by atoms with Crippen LogP contribution in [0.3, 0.4) is 0 Å². The number of anilines is 1. The molecule has 0 radical (unpaired) electrons. The topological polar surface area (TPSA) is 57.6 Å². The first-order valence-corrected chi connectivity index (χ1v) is 4.75. The maximum Gasteiger partial charge on any atom is 0.394 e.